The number of methoxy groups -OCH3 is 1. The van der Waals surface area contributed by atoms with Gasteiger partial charge in [0.05, 0.1) is 10.9 Å². The summed E-state index contributed by atoms with van der Waals surface area (Å²) in [7, 11) is 1.60. The Balaban J connectivity index is 1.81. The maximum atomic E-state index is 12.9. The summed E-state index contributed by atoms with van der Waals surface area (Å²) in [6.45, 7) is -0.363. The van der Waals surface area contributed by atoms with Crippen molar-refractivity contribution in [2.24, 2.45) is 0 Å². The molecule has 160 valence electrons. The molecule has 0 aliphatic heterocycles. The van der Waals surface area contributed by atoms with Crippen LogP contribution >= 0.6 is 11.8 Å². The van der Waals surface area contributed by atoms with Gasteiger partial charge in [-0.25, -0.2) is 4.98 Å². The predicted molar refractivity (Wildman–Crippen MR) is 110 cm³/mol. The lowest BCUT2D eigenvalue weighted by atomic mass is 10.2. The minimum Gasteiger partial charge on any atom is -0.484 e. The zero-order chi connectivity index (χ0) is 21.6. The van der Waals surface area contributed by atoms with Crippen LogP contribution in [0.5, 0.6) is 5.75 Å². The molecule has 0 amide bonds. The number of nitrogens with zero attached hydrogens (tertiary/aromatic N) is 2. The summed E-state index contributed by atoms with van der Waals surface area (Å²) in [6, 6.07) is 13.6. The van der Waals surface area contributed by atoms with Crippen LogP contribution in [0.1, 0.15) is 12.0 Å². The van der Waals surface area contributed by atoms with Crippen LogP contribution in [0.15, 0.2) is 58.5 Å². The first-order valence-corrected chi connectivity index (χ1v) is 10.3. The van der Waals surface area contributed by atoms with Crippen LogP contribution in [-0.2, 0) is 17.0 Å². The molecule has 1 heterocycles. The highest BCUT2D eigenvalue weighted by molar-refractivity contribution is 7.98. The number of benzene rings is 2. The molecule has 0 aliphatic rings. The zero-order valence-electron chi connectivity index (χ0n) is 16.3. The van der Waals surface area contributed by atoms with Crippen molar-refractivity contribution in [3.63, 3.8) is 0 Å². The molecule has 3 aromatic rings. The number of hydrogen-bond donors (Lipinski definition) is 0. The lowest BCUT2D eigenvalue weighted by Gasteiger charge is -2.13. The first kappa shape index (κ1) is 22.2. The molecule has 0 aliphatic carbocycles. The first-order chi connectivity index (χ1) is 14.4. The van der Waals surface area contributed by atoms with Crippen molar-refractivity contribution >= 4 is 22.7 Å². The van der Waals surface area contributed by atoms with Crippen molar-refractivity contribution in [2.45, 2.75) is 30.1 Å². The van der Waals surface area contributed by atoms with E-state index in [1.54, 1.807) is 48.1 Å². The van der Waals surface area contributed by atoms with E-state index in [0.29, 0.717) is 41.4 Å². The molecule has 0 saturated carbocycles. The Labute approximate surface area is 175 Å². The van der Waals surface area contributed by atoms with E-state index in [2.05, 4.69) is 4.98 Å². The lowest BCUT2D eigenvalue weighted by Crippen LogP contribution is -2.24. The van der Waals surface area contributed by atoms with E-state index in [9.17, 15) is 18.0 Å². The van der Waals surface area contributed by atoms with E-state index in [0.717, 1.165) is 5.56 Å². The molecule has 2 aromatic carbocycles. The van der Waals surface area contributed by atoms with Gasteiger partial charge in [0.15, 0.2) is 11.8 Å². The molecular formula is C21H21F3N2O3S. The Morgan fingerprint density at radius 1 is 1.13 bits per heavy atom. The predicted octanol–water partition coefficient (Wildman–Crippen LogP) is 4.67. The molecule has 0 spiro atoms. The molecule has 5 nitrogen and oxygen atoms in total. The Hall–Kier alpha value is -2.52. The molecule has 1 aromatic heterocycles. The summed E-state index contributed by atoms with van der Waals surface area (Å²) in [4.78, 5) is 17.6. The molecule has 0 bridgehead atoms. The third-order valence-electron chi connectivity index (χ3n) is 4.23. The van der Waals surface area contributed by atoms with Crippen molar-refractivity contribution < 1.29 is 22.6 Å². The summed E-state index contributed by atoms with van der Waals surface area (Å²) in [5, 5.41) is 1.10. The monoisotopic (exact) mass is 438 g/mol. The maximum absolute atomic E-state index is 12.9. The van der Waals surface area contributed by atoms with Gasteiger partial charge in [0, 0.05) is 26.0 Å². The summed E-state index contributed by atoms with van der Waals surface area (Å²) >= 11 is 1.35. The third-order valence-corrected chi connectivity index (χ3v) is 5.27. The second kappa shape index (κ2) is 9.99. The van der Waals surface area contributed by atoms with Crippen LogP contribution < -0.4 is 10.3 Å². The fourth-order valence-corrected chi connectivity index (χ4v) is 3.83. The van der Waals surface area contributed by atoms with Gasteiger partial charge in [-0.3, -0.25) is 9.36 Å². The molecular weight excluding hydrogens is 417 g/mol. The third kappa shape index (κ3) is 5.99. The molecule has 0 unspecified atom stereocenters. The Morgan fingerprint density at radius 3 is 2.70 bits per heavy atom. The Bertz CT molecular complexity index is 1050. The van der Waals surface area contributed by atoms with Crippen LogP contribution in [0, 0.1) is 0 Å². The Kier molecular flexibility index (Phi) is 7.38. The van der Waals surface area contributed by atoms with Crippen LogP contribution in [-0.4, -0.2) is 36.1 Å². The van der Waals surface area contributed by atoms with E-state index >= 15 is 0 Å². The normalized spacial score (nSPS) is 11.7. The van der Waals surface area contributed by atoms with Crippen molar-refractivity contribution in [1.29, 1.82) is 0 Å². The molecule has 0 atom stereocenters. The average molecular weight is 438 g/mol. The van der Waals surface area contributed by atoms with Crippen molar-refractivity contribution in [3.8, 4) is 5.75 Å². The van der Waals surface area contributed by atoms with Crippen LogP contribution in [0.3, 0.4) is 0 Å². The molecule has 0 fully saturated rings. The largest absolute Gasteiger partial charge is 0.484 e. The summed E-state index contributed by atoms with van der Waals surface area (Å²) in [6.07, 6.45) is -3.73. The number of hydrogen-bond acceptors (Lipinski definition) is 5. The zero-order valence-corrected chi connectivity index (χ0v) is 17.1. The number of halogens is 3. The van der Waals surface area contributed by atoms with E-state index in [-0.39, 0.29) is 11.3 Å². The summed E-state index contributed by atoms with van der Waals surface area (Å²) < 4.78 is 48.6. The highest BCUT2D eigenvalue weighted by Crippen LogP contribution is 2.25. The van der Waals surface area contributed by atoms with E-state index in [1.807, 2.05) is 6.07 Å². The number of rotatable bonds is 9. The highest BCUT2D eigenvalue weighted by atomic mass is 32.2. The number of aromatic nitrogens is 2. The van der Waals surface area contributed by atoms with E-state index < -0.39 is 12.8 Å². The van der Waals surface area contributed by atoms with Crippen molar-refractivity contribution in [2.75, 3.05) is 20.3 Å². The van der Waals surface area contributed by atoms with E-state index in [4.69, 9.17) is 9.47 Å². The Morgan fingerprint density at radius 2 is 1.93 bits per heavy atom. The topological polar surface area (TPSA) is 53.4 Å². The van der Waals surface area contributed by atoms with Crippen LogP contribution in [0.2, 0.25) is 0 Å². The molecule has 0 N–H and O–H groups in total. The minimum absolute atomic E-state index is 0.124. The van der Waals surface area contributed by atoms with Crippen molar-refractivity contribution in [1.82, 2.24) is 9.55 Å². The summed E-state index contributed by atoms with van der Waals surface area (Å²) in [5.41, 5.74) is 1.25. The quantitative estimate of drug-likeness (QED) is 0.276. The summed E-state index contributed by atoms with van der Waals surface area (Å²) in [5.74, 6) is 0.576. The number of fused-ring (bicyclic) bond motifs is 1. The van der Waals surface area contributed by atoms with E-state index in [1.165, 1.54) is 17.8 Å². The maximum Gasteiger partial charge on any atom is 0.422 e. The standard InChI is InChI=1S/C21H21F3N2O3S/c1-28-11-5-10-26-19(27)17-8-2-3-9-18(17)25-20(26)30-13-15-6-4-7-16(12-15)29-14-21(22,23)24/h2-4,6-9,12H,5,10-11,13-14H2,1H3. The van der Waals surface area contributed by atoms with Gasteiger partial charge in [0.25, 0.3) is 5.56 Å². The number of alkyl halides is 3. The fourth-order valence-electron chi connectivity index (χ4n) is 2.86. The van der Waals surface area contributed by atoms with Crippen LogP contribution in [0.25, 0.3) is 10.9 Å². The lowest BCUT2D eigenvalue weighted by molar-refractivity contribution is -0.153. The molecule has 3 rings (SSSR count). The highest BCUT2D eigenvalue weighted by Gasteiger charge is 2.28. The van der Waals surface area contributed by atoms with Gasteiger partial charge >= 0.3 is 6.18 Å². The number of thioether (sulfide) groups is 1. The van der Waals surface area contributed by atoms with Gasteiger partial charge in [0.1, 0.15) is 5.75 Å². The fraction of sp³-hybridized carbons (Fsp3) is 0.333. The van der Waals surface area contributed by atoms with Gasteiger partial charge in [-0.2, -0.15) is 13.2 Å². The van der Waals surface area contributed by atoms with Crippen molar-refractivity contribution in [3.05, 3.63) is 64.4 Å². The molecule has 9 heteroatoms. The van der Waals surface area contributed by atoms with Crippen LogP contribution in [0.4, 0.5) is 13.2 Å². The first-order valence-electron chi connectivity index (χ1n) is 9.27. The van der Waals surface area contributed by atoms with Gasteiger partial charge < -0.3 is 9.47 Å². The second-order valence-corrected chi connectivity index (χ2v) is 7.50. The number of para-hydroxylation sites is 1. The second-order valence-electron chi connectivity index (χ2n) is 6.55. The van der Waals surface area contributed by atoms with Gasteiger partial charge in [-0.1, -0.05) is 36.0 Å². The SMILES string of the molecule is COCCCn1c(SCc2cccc(OCC(F)(F)F)c2)nc2ccccc2c1=O. The number of ether oxygens (including phenoxy) is 2. The van der Waals surface area contributed by atoms with Gasteiger partial charge in [-0.15, -0.1) is 0 Å². The average Bonchev–Trinajstić information content (AvgIpc) is 2.72. The van der Waals surface area contributed by atoms with Gasteiger partial charge in [-0.05, 0) is 36.2 Å². The van der Waals surface area contributed by atoms with Gasteiger partial charge in [0.2, 0.25) is 0 Å². The molecule has 0 saturated heterocycles. The molecule has 0 radical (unpaired) electrons. The minimum atomic E-state index is -4.39. The molecule has 30 heavy (non-hydrogen) atoms. The smallest absolute Gasteiger partial charge is 0.422 e.